The summed E-state index contributed by atoms with van der Waals surface area (Å²) in [5, 5.41) is 0. The first-order chi connectivity index (χ1) is 6.25. The van der Waals surface area contributed by atoms with Gasteiger partial charge in [-0.25, -0.2) is 0 Å². The van der Waals surface area contributed by atoms with Crippen LogP contribution in [0.5, 0.6) is 5.75 Å². The molecule has 0 atom stereocenters. The molecule has 0 aromatic heterocycles. The van der Waals surface area contributed by atoms with Gasteiger partial charge in [0.1, 0.15) is 12.0 Å². The third-order valence-corrected chi connectivity index (χ3v) is 2.05. The number of ether oxygens (including phenoxy) is 1. The number of rotatable bonds is 4. The summed E-state index contributed by atoms with van der Waals surface area (Å²) in [6.07, 6.45) is 1.32. The average molecular weight is 178 g/mol. The maximum absolute atomic E-state index is 10.1. The molecule has 1 aromatic carbocycles. The van der Waals surface area contributed by atoms with Crippen LogP contribution < -0.4 is 4.74 Å². The number of hydrogen-bond donors (Lipinski definition) is 0. The Morgan fingerprint density at radius 1 is 1.38 bits per heavy atom. The Morgan fingerprint density at radius 3 is 2.85 bits per heavy atom. The second-order valence-electron chi connectivity index (χ2n) is 3.00. The van der Waals surface area contributed by atoms with Crippen LogP contribution in [0.3, 0.4) is 0 Å². The summed E-state index contributed by atoms with van der Waals surface area (Å²) in [6.45, 7) is 4.53. The van der Waals surface area contributed by atoms with E-state index in [0.717, 1.165) is 17.6 Å². The van der Waals surface area contributed by atoms with Gasteiger partial charge in [-0.2, -0.15) is 0 Å². The fraction of sp³-hybridized carbons (Fsp3) is 0.364. The Morgan fingerprint density at radius 2 is 2.15 bits per heavy atom. The van der Waals surface area contributed by atoms with Gasteiger partial charge in [-0.3, -0.25) is 0 Å². The summed E-state index contributed by atoms with van der Waals surface area (Å²) in [6, 6.07) is 5.92. The molecule has 2 heteroatoms. The van der Waals surface area contributed by atoms with E-state index in [1.54, 1.807) is 0 Å². The smallest absolute Gasteiger partial charge is 0.123 e. The lowest BCUT2D eigenvalue weighted by Crippen LogP contribution is -1.99. The molecule has 0 bridgehead atoms. The molecule has 0 saturated carbocycles. The zero-order valence-electron chi connectivity index (χ0n) is 8.04. The van der Waals surface area contributed by atoms with Crippen LogP contribution in [0.15, 0.2) is 18.2 Å². The number of aldehydes is 1. The van der Waals surface area contributed by atoms with Gasteiger partial charge in [0.25, 0.3) is 0 Å². The molecule has 0 spiro atoms. The first kappa shape index (κ1) is 9.78. The molecule has 0 unspecified atom stereocenters. The topological polar surface area (TPSA) is 26.3 Å². The molecule has 0 saturated heterocycles. The van der Waals surface area contributed by atoms with Crippen molar-refractivity contribution in [2.45, 2.75) is 20.3 Å². The lowest BCUT2D eigenvalue weighted by molar-refractivity contribution is -0.108. The average Bonchev–Trinajstić information content (AvgIpc) is 2.13. The van der Waals surface area contributed by atoms with Crippen molar-refractivity contribution in [1.82, 2.24) is 0 Å². The van der Waals surface area contributed by atoms with Gasteiger partial charge < -0.3 is 9.53 Å². The first-order valence-electron chi connectivity index (χ1n) is 4.38. The highest BCUT2D eigenvalue weighted by Gasteiger charge is 2.00. The molecule has 0 fully saturated rings. The first-order valence-corrected chi connectivity index (χ1v) is 4.38. The molecule has 0 amide bonds. The summed E-state index contributed by atoms with van der Waals surface area (Å²) >= 11 is 0. The monoisotopic (exact) mass is 178 g/mol. The summed E-state index contributed by atoms with van der Waals surface area (Å²) in [5.74, 6) is 0.877. The number of hydrogen-bond acceptors (Lipinski definition) is 2. The Hall–Kier alpha value is -1.31. The van der Waals surface area contributed by atoms with Crippen molar-refractivity contribution in [3.05, 3.63) is 29.3 Å². The fourth-order valence-electron chi connectivity index (χ4n) is 1.10. The lowest BCUT2D eigenvalue weighted by atomic mass is 10.1. The predicted octanol–water partition coefficient (Wildman–Crippen LogP) is 2.27. The minimum atomic E-state index is 0.452. The van der Waals surface area contributed by atoms with Crippen LogP contribution in [-0.2, 0) is 4.79 Å². The van der Waals surface area contributed by atoms with Gasteiger partial charge in [-0.15, -0.1) is 0 Å². The van der Waals surface area contributed by atoms with E-state index in [-0.39, 0.29) is 0 Å². The SMILES string of the molecule is Cc1cccc(OCCC=O)c1C. The number of aryl methyl sites for hydroxylation is 1. The van der Waals surface area contributed by atoms with E-state index >= 15 is 0 Å². The summed E-state index contributed by atoms with van der Waals surface area (Å²) in [7, 11) is 0. The van der Waals surface area contributed by atoms with Crippen LogP contribution in [0, 0.1) is 13.8 Å². The maximum atomic E-state index is 10.1. The molecular weight excluding hydrogens is 164 g/mol. The van der Waals surface area contributed by atoms with Crippen molar-refractivity contribution in [2.75, 3.05) is 6.61 Å². The lowest BCUT2D eigenvalue weighted by Gasteiger charge is -2.08. The van der Waals surface area contributed by atoms with Gasteiger partial charge in [0, 0.05) is 6.42 Å². The van der Waals surface area contributed by atoms with E-state index in [1.807, 2.05) is 32.0 Å². The van der Waals surface area contributed by atoms with Crippen LogP contribution in [0.25, 0.3) is 0 Å². The minimum absolute atomic E-state index is 0.452. The molecule has 0 aliphatic rings. The van der Waals surface area contributed by atoms with Crippen molar-refractivity contribution >= 4 is 6.29 Å². The molecule has 2 nitrogen and oxygen atoms in total. The predicted molar refractivity (Wildman–Crippen MR) is 52.1 cm³/mol. The molecule has 0 N–H and O–H groups in total. The molecule has 0 heterocycles. The van der Waals surface area contributed by atoms with Crippen LogP contribution in [0.1, 0.15) is 17.5 Å². The van der Waals surface area contributed by atoms with Gasteiger partial charge in [-0.05, 0) is 31.0 Å². The number of benzene rings is 1. The van der Waals surface area contributed by atoms with E-state index in [1.165, 1.54) is 5.56 Å². The van der Waals surface area contributed by atoms with Crippen molar-refractivity contribution in [2.24, 2.45) is 0 Å². The molecule has 1 rings (SSSR count). The van der Waals surface area contributed by atoms with Gasteiger partial charge in [0.15, 0.2) is 0 Å². The number of carbonyl (C=O) groups excluding carboxylic acids is 1. The van der Waals surface area contributed by atoms with Crippen molar-refractivity contribution in [1.29, 1.82) is 0 Å². The Bertz CT molecular complexity index is 292. The molecule has 0 aliphatic carbocycles. The summed E-state index contributed by atoms with van der Waals surface area (Å²) in [5.41, 5.74) is 2.36. The normalized spacial score (nSPS) is 9.69. The minimum Gasteiger partial charge on any atom is -0.493 e. The quantitative estimate of drug-likeness (QED) is 0.522. The molecule has 0 aliphatic heterocycles. The summed E-state index contributed by atoms with van der Waals surface area (Å²) in [4.78, 5) is 10.1. The van der Waals surface area contributed by atoms with Gasteiger partial charge >= 0.3 is 0 Å². The van der Waals surface area contributed by atoms with Crippen molar-refractivity contribution in [3.8, 4) is 5.75 Å². The zero-order chi connectivity index (χ0) is 9.68. The fourth-order valence-corrected chi connectivity index (χ4v) is 1.10. The van der Waals surface area contributed by atoms with Crippen molar-refractivity contribution in [3.63, 3.8) is 0 Å². The highest BCUT2D eigenvalue weighted by Crippen LogP contribution is 2.20. The second kappa shape index (κ2) is 4.65. The van der Waals surface area contributed by atoms with E-state index < -0.39 is 0 Å². The highest BCUT2D eigenvalue weighted by atomic mass is 16.5. The molecule has 13 heavy (non-hydrogen) atoms. The Kier molecular flexibility index (Phi) is 3.50. The van der Waals surface area contributed by atoms with E-state index in [4.69, 9.17) is 4.74 Å². The van der Waals surface area contributed by atoms with Gasteiger partial charge in [0.05, 0.1) is 6.61 Å². The molecule has 0 radical (unpaired) electrons. The standard InChI is InChI=1S/C11H14O2/c1-9-5-3-6-11(10(9)2)13-8-4-7-12/h3,5-7H,4,8H2,1-2H3. The van der Waals surface area contributed by atoms with E-state index in [0.29, 0.717) is 13.0 Å². The highest BCUT2D eigenvalue weighted by molar-refractivity contribution is 5.49. The second-order valence-corrected chi connectivity index (χ2v) is 3.00. The van der Waals surface area contributed by atoms with E-state index in [2.05, 4.69) is 0 Å². The molecule has 70 valence electrons. The van der Waals surface area contributed by atoms with Gasteiger partial charge in [-0.1, -0.05) is 12.1 Å². The maximum Gasteiger partial charge on any atom is 0.123 e. The van der Waals surface area contributed by atoms with Gasteiger partial charge in [0.2, 0.25) is 0 Å². The third-order valence-electron chi connectivity index (χ3n) is 2.05. The molecule has 1 aromatic rings. The zero-order valence-corrected chi connectivity index (χ0v) is 8.04. The van der Waals surface area contributed by atoms with Crippen molar-refractivity contribution < 1.29 is 9.53 Å². The Balaban J connectivity index is 2.65. The third kappa shape index (κ3) is 2.58. The Labute approximate surface area is 78.5 Å². The van der Waals surface area contributed by atoms with Crippen LogP contribution >= 0.6 is 0 Å². The van der Waals surface area contributed by atoms with Crippen LogP contribution in [0.4, 0.5) is 0 Å². The largest absolute Gasteiger partial charge is 0.493 e. The van der Waals surface area contributed by atoms with E-state index in [9.17, 15) is 4.79 Å². The van der Waals surface area contributed by atoms with Crippen LogP contribution in [-0.4, -0.2) is 12.9 Å². The number of carbonyl (C=O) groups is 1. The molecular formula is C11H14O2. The van der Waals surface area contributed by atoms with Crippen LogP contribution in [0.2, 0.25) is 0 Å². The summed E-state index contributed by atoms with van der Waals surface area (Å²) < 4.78 is 5.43.